The van der Waals surface area contributed by atoms with Crippen molar-refractivity contribution in [2.75, 3.05) is 0 Å². The molecule has 0 aromatic rings. The van der Waals surface area contributed by atoms with Gasteiger partial charge in [0, 0.05) is 24.2 Å². The van der Waals surface area contributed by atoms with Gasteiger partial charge in [0.25, 0.3) is 0 Å². The summed E-state index contributed by atoms with van der Waals surface area (Å²) in [7, 11) is 0. The summed E-state index contributed by atoms with van der Waals surface area (Å²) in [5, 5.41) is 7.95. The molecule has 2 saturated heterocycles. The van der Waals surface area contributed by atoms with E-state index in [2.05, 4.69) is 34.9 Å². The summed E-state index contributed by atoms with van der Waals surface area (Å²) in [5.74, 6) is 3.62. The first kappa shape index (κ1) is 21.3. The van der Waals surface area contributed by atoms with Gasteiger partial charge in [-0.05, 0) is 101 Å². The van der Waals surface area contributed by atoms with Gasteiger partial charge < -0.3 is 10.6 Å². The summed E-state index contributed by atoms with van der Waals surface area (Å²) in [4.78, 5) is 0. The summed E-state index contributed by atoms with van der Waals surface area (Å²) >= 11 is 0. The lowest BCUT2D eigenvalue weighted by Gasteiger charge is -2.40. The van der Waals surface area contributed by atoms with Crippen LogP contribution in [0, 0.1) is 23.7 Å². The molecular weight excluding hydrogens is 364 g/mol. The maximum absolute atomic E-state index is 3.98. The van der Waals surface area contributed by atoms with Crippen LogP contribution in [0.25, 0.3) is 0 Å². The van der Waals surface area contributed by atoms with E-state index in [1.165, 1.54) is 103 Å². The Balaban J connectivity index is 1.03. The molecule has 2 heterocycles. The fraction of sp³-hybridized carbons (Fsp3) is 0.857. The predicted octanol–water partition coefficient (Wildman–Crippen LogP) is 6.53. The number of fused-ring (bicyclic) bond motifs is 2. The topological polar surface area (TPSA) is 24.1 Å². The van der Waals surface area contributed by atoms with Gasteiger partial charge in [0.05, 0.1) is 0 Å². The molecule has 0 amide bonds. The minimum Gasteiger partial charge on any atom is -0.307 e. The molecule has 0 radical (unpaired) electrons. The van der Waals surface area contributed by atoms with Crippen molar-refractivity contribution in [2.24, 2.45) is 23.7 Å². The Hall–Kier alpha value is -0.600. The van der Waals surface area contributed by atoms with Crippen molar-refractivity contribution < 1.29 is 0 Å². The monoisotopic (exact) mass is 410 g/mol. The molecule has 6 atom stereocenters. The second kappa shape index (κ2) is 10.3. The molecule has 30 heavy (non-hydrogen) atoms. The van der Waals surface area contributed by atoms with Crippen molar-refractivity contribution in [3.63, 3.8) is 0 Å². The van der Waals surface area contributed by atoms with Crippen molar-refractivity contribution in [1.29, 1.82) is 0 Å². The summed E-state index contributed by atoms with van der Waals surface area (Å²) in [5.41, 5.74) is 0. The summed E-state index contributed by atoms with van der Waals surface area (Å²) < 4.78 is 0. The maximum atomic E-state index is 3.98. The quantitative estimate of drug-likeness (QED) is 0.515. The van der Waals surface area contributed by atoms with Gasteiger partial charge in [-0.3, -0.25) is 0 Å². The summed E-state index contributed by atoms with van der Waals surface area (Å²) in [6, 6.07) is 2.95. The Morgan fingerprint density at radius 3 is 1.30 bits per heavy atom. The van der Waals surface area contributed by atoms with Crippen LogP contribution in [0.15, 0.2) is 24.3 Å². The SMILES string of the molecule is C(=C\C1CCC2CCCCC2N1)/C1CCC(/C=C/C2CCC3CCCCC3N2)CC1. The van der Waals surface area contributed by atoms with Crippen LogP contribution >= 0.6 is 0 Å². The van der Waals surface area contributed by atoms with E-state index >= 15 is 0 Å². The largest absolute Gasteiger partial charge is 0.307 e. The average molecular weight is 411 g/mol. The smallest absolute Gasteiger partial charge is 0.0252 e. The Morgan fingerprint density at radius 1 is 0.400 bits per heavy atom. The third-order valence-electron chi connectivity index (χ3n) is 9.42. The van der Waals surface area contributed by atoms with Gasteiger partial charge >= 0.3 is 0 Å². The van der Waals surface area contributed by atoms with E-state index in [9.17, 15) is 0 Å². The van der Waals surface area contributed by atoms with Crippen molar-refractivity contribution in [3.05, 3.63) is 24.3 Å². The van der Waals surface area contributed by atoms with Gasteiger partial charge in [-0.2, -0.15) is 0 Å². The lowest BCUT2D eigenvalue weighted by Crippen LogP contribution is -2.48. The summed E-state index contributed by atoms with van der Waals surface area (Å²) in [6.45, 7) is 0. The number of hydrogen-bond donors (Lipinski definition) is 2. The van der Waals surface area contributed by atoms with E-state index in [1.54, 1.807) is 0 Å². The fourth-order valence-electron chi connectivity index (χ4n) is 7.47. The fourth-order valence-corrected chi connectivity index (χ4v) is 7.47. The van der Waals surface area contributed by atoms with Gasteiger partial charge in [-0.25, -0.2) is 0 Å². The molecule has 2 nitrogen and oxygen atoms in total. The van der Waals surface area contributed by atoms with E-state index in [-0.39, 0.29) is 0 Å². The molecule has 2 N–H and O–H groups in total. The van der Waals surface area contributed by atoms with Gasteiger partial charge in [-0.1, -0.05) is 50.0 Å². The molecule has 0 aromatic carbocycles. The molecule has 2 aliphatic heterocycles. The number of piperidine rings is 2. The Bertz CT molecular complexity index is 535. The van der Waals surface area contributed by atoms with Crippen molar-refractivity contribution in [2.45, 2.75) is 127 Å². The maximum Gasteiger partial charge on any atom is 0.0252 e. The molecule has 5 fully saturated rings. The van der Waals surface area contributed by atoms with Crippen LogP contribution in [0.1, 0.15) is 103 Å². The molecule has 6 unspecified atom stereocenters. The lowest BCUT2D eigenvalue weighted by atomic mass is 9.77. The third kappa shape index (κ3) is 5.41. The normalized spacial score (nSPS) is 45.3. The zero-order valence-corrected chi connectivity index (χ0v) is 19.2. The molecule has 3 saturated carbocycles. The van der Waals surface area contributed by atoms with Gasteiger partial charge in [0.1, 0.15) is 0 Å². The Morgan fingerprint density at radius 2 is 0.833 bits per heavy atom. The van der Waals surface area contributed by atoms with Gasteiger partial charge in [-0.15, -0.1) is 0 Å². The highest BCUT2D eigenvalue weighted by molar-refractivity contribution is 5.05. The van der Waals surface area contributed by atoms with Crippen molar-refractivity contribution in [3.8, 4) is 0 Å². The molecule has 5 rings (SSSR count). The molecule has 168 valence electrons. The molecule has 0 bridgehead atoms. The zero-order valence-electron chi connectivity index (χ0n) is 19.2. The highest BCUT2D eigenvalue weighted by Gasteiger charge is 2.32. The van der Waals surface area contributed by atoms with Crippen molar-refractivity contribution >= 4 is 0 Å². The standard InChI is InChI=1S/C28H46N2/c1-3-7-27-23(5-1)15-19-25(29-27)17-13-21-9-11-22(12-10-21)14-18-26-20-16-24-6-2-4-8-28(24)30-26/h13-14,17-18,21-30H,1-12,15-16,19-20H2/b17-13+,18-14+. The van der Waals surface area contributed by atoms with E-state index in [4.69, 9.17) is 0 Å². The number of hydrogen-bond acceptors (Lipinski definition) is 2. The highest BCUT2D eigenvalue weighted by atomic mass is 15.0. The first-order valence-electron chi connectivity index (χ1n) is 13.7. The van der Waals surface area contributed by atoms with E-state index in [1.807, 2.05) is 0 Å². The van der Waals surface area contributed by atoms with Crippen LogP contribution in [-0.4, -0.2) is 24.2 Å². The van der Waals surface area contributed by atoms with E-state index in [0.29, 0.717) is 12.1 Å². The van der Waals surface area contributed by atoms with E-state index in [0.717, 1.165) is 35.8 Å². The van der Waals surface area contributed by atoms with Crippen LogP contribution in [-0.2, 0) is 0 Å². The number of nitrogens with one attached hydrogen (secondary N) is 2. The van der Waals surface area contributed by atoms with Crippen LogP contribution in [0.3, 0.4) is 0 Å². The van der Waals surface area contributed by atoms with Crippen LogP contribution in [0.5, 0.6) is 0 Å². The minimum atomic E-state index is 0.656. The molecular formula is C28H46N2. The first-order valence-corrected chi connectivity index (χ1v) is 13.7. The lowest BCUT2D eigenvalue weighted by molar-refractivity contribution is 0.191. The second-order valence-corrected chi connectivity index (χ2v) is 11.4. The van der Waals surface area contributed by atoms with Crippen LogP contribution < -0.4 is 10.6 Å². The van der Waals surface area contributed by atoms with Crippen LogP contribution in [0.4, 0.5) is 0 Å². The molecule has 5 aliphatic rings. The van der Waals surface area contributed by atoms with Crippen LogP contribution in [0.2, 0.25) is 0 Å². The van der Waals surface area contributed by atoms with Gasteiger partial charge in [0.2, 0.25) is 0 Å². The highest BCUT2D eigenvalue weighted by Crippen LogP contribution is 2.35. The predicted molar refractivity (Wildman–Crippen MR) is 128 cm³/mol. The van der Waals surface area contributed by atoms with Gasteiger partial charge in [0.15, 0.2) is 0 Å². The van der Waals surface area contributed by atoms with Crippen molar-refractivity contribution in [1.82, 2.24) is 10.6 Å². The molecule has 2 heteroatoms. The average Bonchev–Trinajstić information content (AvgIpc) is 2.82. The second-order valence-electron chi connectivity index (χ2n) is 11.4. The molecule has 0 aromatic heterocycles. The summed E-state index contributed by atoms with van der Waals surface area (Å²) in [6.07, 6.45) is 33.1. The third-order valence-corrected chi connectivity index (χ3v) is 9.42. The Kier molecular flexibility index (Phi) is 7.33. The van der Waals surface area contributed by atoms with E-state index < -0.39 is 0 Å². The Labute approximate surface area is 185 Å². The minimum absolute atomic E-state index is 0.656. The number of rotatable bonds is 4. The number of allylic oxidation sites excluding steroid dienone is 2. The molecule has 0 spiro atoms. The first-order chi connectivity index (χ1) is 14.8. The molecule has 3 aliphatic carbocycles. The zero-order chi connectivity index (χ0) is 20.2.